The molecule has 0 aliphatic carbocycles. The first-order valence-electron chi connectivity index (χ1n) is 6.00. The largest absolute Gasteiger partial charge is 0.465 e. The molecule has 0 fully saturated rings. The van der Waals surface area contributed by atoms with Gasteiger partial charge in [0.2, 0.25) is 0 Å². The smallest absolute Gasteiger partial charge is 0.314 e. The van der Waals surface area contributed by atoms with Crippen molar-refractivity contribution < 1.29 is 14.6 Å². The first-order chi connectivity index (χ1) is 8.18. The molecule has 0 unspecified atom stereocenters. The van der Waals surface area contributed by atoms with Crippen LogP contribution in [0.25, 0.3) is 0 Å². The summed E-state index contributed by atoms with van der Waals surface area (Å²) < 4.78 is 5.06. The van der Waals surface area contributed by atoms with E-state index in [1.807, 2.05) is 37.3 Å². The molecule has 0 bridgehead atoms. The quantitative estimate of drug-likeness (QED) is 0.770. The fourth-order valence-corrected chi connectivity index (χ4v) is 1.84. The number of hydrogen-bond donors (Lipinski definition) is 1. The normalized spacial score (nSPS) is 14.1. The maximum absolute atomic E-state index is 11.9. The van der Waals surface area contributed by atoms with Crippen molar-refractivity contribution in [3.8, 4) is 0 Å². The van der Waals surface area contributed by atoms with Crippen molar-refractivity contribution in [1.82, 2.24) is 0 Å². The monoisotopic (exact) mass is 236 g/mol. The van der Waals surface area contributed by atoms with Crippen LogP contribution in [0.3, 0.4) is 0 Å². The number of esters is 1. The number of aliphatic hydroxyl groups excluding tert-OH is 1. The Morgan fingerprint density at radius 1 is 1.29 bits per heavy atom. The third-order valence-electron chi connectivity index (χ3n) is 3.07. The molecule has 1 atom stereocenters. The van der Waals surface area contributed by atoms with Crippen molar-refractivity contribution in [2.45, 2.75) is 26.7 Å². The number of carbonyl (C=O) groups excluding carboxylic acids is 1. The van der Waals surface area contributed by atoms with Gasteiger partial charge in [-0.2, -0.15) is 0 Å². The lowest BCUT2D eigenvalue weighted by Gasteiger charge is -2.28. The van der Waals surface area contributed by atoms with Crippen LogP contribution in [0.2, 0.25) is 0 Å². The van der Waals surface area contributed by atoms with Gasteiger partial charge in [-0.3, -0.25) is 4.79 Å². The van der Waals surface area contributed by atoms with Gasteiger partial charge in [0.1, 0.15) is 0 Å². The number of rotatable bonds is 6. The molecule has 1 aromatic carbocycles. The van der Waals surface area contributed by atoms with E-state index >= 15 is 0 Å². The van der Waals surface area contributed by atoms with Crippen LogP contribution in [-0.4, -0.2) is 24.3 Å². The predicted octanol–water partition coefficient (Wildman–Crippen LogP) is 2.18. The van der Waals surface area contributed by atoms with E-state index in [0.29, 0.717) is 19.4 Å². The maximum Gasteiger partial charge on any atom is 0.314 e. The van der Waals surface area contributed by atoms with Gasteiger partial charge in [-0.1, -0.05) is 37.3 Å². The summed E-state index contributed by atoms with van der Waals surface area (Å²) >= 11 is 0. The van der Waals surface area contributed by atoms with E-state index in [2.05, 4.69) is 0 Å². The molecule has 0 spiro atoms. The molecule has 17 heavy (non-hydrogen) atoms. The van der Waals surface area contributed by atoms with Crippen LogP contribution in [0.5, 0.6) is 0 Å². The average Bonchev–Trinajstić information content (AvgIpc) is 2.37. The van der Waals surface area contributed by atoms with Crippen molar-refractivity contribution in [2.75, 3.05) is 13.2 Å². The topological polar surface area (TPSA) is 46.5 Å². The summed E-state index contributed by atoms with van der Waals surface area (Å²) in [6, 6.07) is 9.70. The highest BCUT2D eigenvalue weighted by Gasteiger charge is 2.37. The highest BCUT2D eigenvalue weighted by molar-refractivity contribution is 5.77. The lowest BCUT2D eigenvalue weighted by Crippen LogP contribution is -2.38. The Hall–Kier alpha value is -1.35. The van der Waals surface area contributed by atoms with Crippen molar-refractivity contribution >= 4 is 5.97 Å². The highest BCUT2D eigenvalue weighted by atomic mass is 16.5. The fourth-order valence-electron chi connectivity index (χ4n) is 1.84. The lowest BCUT2D eigenvalue weighted by atomic mass is 9.80. The molecule has 0 heterocycles. The summed E-state index contributed by atoms with van der Waals surface area (Å²) in [5, 5.41) is 9.53. The molecule has 0 aliphatic heterocycles. The standard InChI is InChI=1S/C14H20O3/c1-3-14(11-15,13(16)17-4-2)10-12-8-6-5-7-9-12/h5-9,15H,3-4,10-11H2,1-2H3/t14-/m1/s1. The van der Waals surface area contributed by atoms with Crippen molar-refractivity contribution in [2.24, 2.45) is 5.41 Å². The Labute approximate surface area is 102 Å². The van der Waals surface area contributed by atoms with Gasteiger partial charge in [-0.25, -0.2) is 0 Å². The number of aliphatic hydroxyl groups is 1. The molecule has 94 valence electrons. The van der Waals surface area contributed by atoms with Crippen molar-refractivity contribution in [3.63, 3.8) is 0 Å². The van der Waals surface area contributed by atoms with Gasteiger partial charge in [0.15, 0.2) is 0 Å². The molecule has 3 nitrogen and oxygen atoms in total. The Morgan fingerprint density at radius 3 is 2.41 bits per heavy atom. The molecule has 1 rings (SSSR count). The average molecular weight is 236 g/mol. The zero-order chi connectivity index (χ0) is 12.7. The van der Waals surface area contributed by atoms with E-state index in [-0.39, 0.29) is 12.6 Å². The van der Waals surface area contributed by atoms with Crippen molar-refractivity contribution in [1.29, 1.82) is 0 Å². The van der Waals surface area contributed by atoms with Crippen LogP contribution in [0.1, 0.15) is 25.8 Å². The summed E-state index contributed by atoms with van der Waals surface area (Å²) in [6.45, 7) is 3.83. The molecule has 0 saturated heterocycles. The van der Waals surface area contributed by atoms with Crippen LogP contribution in [0.4, 0.5) is 0 Å². The minimum atomic E-state index is -0.808. The van der Waals surface area contributed by atoms with Gasteiger partial charge in [-0.15, -0.1) is 0 Å². The fraction of sp³-hybridized carbons (Fsp3) is 0.500. The van der Waals surface area contributed by atoms with Crippen LogP contribution in [0.15, 0.2) is 30.3 Å². The van der Waals surface area contributed by atoms with Gasteiger partial charge < -0.3 is 9.84 Å². The zero-order valence-corrected chi connectivity index (χ0v) is 10.5. The second kappa shape index (κ2) is 6.40. The van der Waals surface area contributed by atoms with Gasteiger partial charge >= 0.3 is 5.97 Å². The molecule has 1 aromatic rings. The van der Waals surface area contributed by atoms with Crippen LogP contribution in [0, 0.1) is 5.41 Å². The SMILES string of the molecule is CCOC(=O)[C@@](CC)(CO)Cc1ccccc1. The molecular weight excluding hydrogens is 216 g/mol. The Bertz CT molecular complexity index is 342. The van der Waals surface area contributed by atoms with E-state index in [4.69, 9.17) is 4.74 Å². The summed E-state index contributed by atoms with van der Waals surface area (Å²) in [4.78, 5) is 11.9. The van der Waals surface area contributed by atoms with Gasteiger partial charge in [0.05, 0.1) is 18.6 Å². The predicted molar refractivity (Wildman–Crippen MR) is 66.6 cm³/mol. The van der Waals surface area contributed by atoms with Crippen LogP contribution in [-0.2, 0) is 16.0 Å². The minimum Gasteiger partial charge on any atom is -0.465 e. The first kappa shape index (κ1) is 13.7. The Morgan fingerprint density at radius 2 is 1.94 bits per heavy atom. The molecule has 0 aromatic heterocycles. The summed E-state index contributed by atoms with van der Waals surface area (Å²) in [5.74, 6) is -0.311. The maximum atomic E-state index is 11.9. The van der Waals surface area contributed by atoms with Gasteiger partial charge in [0.25, 0.3) is 0 Å². The Kier molecular flexibility index (Phi) is 5.16. The molecule has 0 aliphatic rings. The number of benzene rings is 1. The number of hydrogen-bond acceptors (Lipinski definition) is 3. The van der Waals surface area contributed by atoms with E-state index < -0.39 is 5.41 Å². The number of ether oxygens (including phenoxy) is 1. The van der Waals surface area contributed by atoms with E-state index in [9.17, 15) is 9.90 Å². The summed E-state index contributed by atoms with van der Waals surface area (Å²) in [5.41, 5.74) is 0.230. The molecule has 1 N–H and O–H groups in total. The summed E-state index contributed by atoms with van der Waals surface area (Å²) in [6.07, 6.45) is 1.08. The number of carbonyl (C=O) groups is 1. The second-order valence-electron chi connectivity index (χ2n) is 4.17. The minimum absolute atomic E-state index is 0.183. The van der Waals surface area contributed by atoms with Crippen LogP contribution >= 0.6 is 0 Å². The van der Waals surface area contributed by atoms with E-state index in [0.717, 1.165) is 5.56 Å². The van der Waals surface area contributed by atoms with E-state index in [1.165, 1.54) is 0 Å². The zero-order valence-electron chi connectivity index (χ0n) is 10.5. The molecule has 0 radical (unpaired) electrons. The Balaban J connectivity index is 2.88. The molecule has 3 heteroatoms. The first-order valence-corrected chi connectivity index (χ1v) is 6.00. The molecule has 0 amide bonds. The second-order valence-corrected chi connectivity index (χ2v) is 4.17. The van der Waals surface area contributed by atoms with Gasteiger partial charge in [-0.05, 0) is 25.3 Å². The van der Waals surface area contributed by atoms with Crippen molar-refractivity contribution in [3.05, 3.63) is 35.9 Å². The lowest BCUT2D eigenvalue weighted by molar-refractivity contribution is -0.158. The highest BCUT2D eigenvalue weighted by Crippen LogP contribution is 2.28. The third kappa shape index (κ3) is 3.30. The third-order valence-corrected chi connectivity index (χ3v) is 3.07. The molecular formula is C14H20O3. The van der Waals surface area contributed by atoms with Gasteiger partial charge in [0, 0.05) is 0 Å². The summed E-state index contributed by atoms with van der Waals surface area (Å²) in [7, 11) is 0. The van der Waals surface area contributed by atoms with E-state index in [1.54, 1.807) is 6.92 Å². The molecule has 0 saturated carbocycles. The van der Waals surface area contributed by atoms with Crippen LogP contribution < -0.4 is 0 Å².